The lowest BCUT2D eigenvalue weighted by atomic mass is 10.0. The quantitative estimate of drug-likeness (QED) is 0.113. The van der Waals surface area contributed by atoms with E-state index < -0.39 is 28.1 Å². The summed E-state index contributed by atoms with van der Waals surface area (Å²) < 4.78 is 12.9. The molecule has 0 aliphatic carbocycles. The van der Waals surface area contributed by atoms with Gasteiger partial charge >= 0.3 is 17.6 Å². The van der Waals surface area contributed by atoms with Gasteiger partial charge in [0.25, 0.3) is 11.2 Å². The largest absolute Gasteiger partial charge is 0.462 e. The summed E-state index contributed by atoms with van der Waals surface area (Å²) in [4.78, 5) is 61.9. The minimum atomic E-state index is -0.609. The predicted octanol–water partition coefficient (Wildman–Crippen LogP) is 2.76. The summed E-state index contributed by atoms with van der Waals surface area (Å²) in [5.74, 6) is -0.609. The molecule has 43 heavy (non-hydrogen) atoms. The summed E-state index contributed by atoms with van der Waals surface area (Å²) in [5, 5.41) is 14.4. The number of nitro benzene ring substituents is 1. The molecule has 0 radical (unpaired) electrons. The third-order valence-corrected chi connectivity index (χ3v) is 6.84. The van der Waals surface area contributed by atoms with Crippen molar-refractivity contribution in [3.63, 3.8) is 0 Å². The number of aryl methyl sites for hydroxylation is 1. The van der Waals surface area contributed by atoms with Crippen molar-refractivity contribution in [2.24, 2.45) is 14.1 Å². The Balaban J connectivity index is 1.64. The predicted molar refractivity (Wildman–Crippen MR) is 161 cm³/mol. The van der Waals surface area contributed by atoms with E-state index in [1.54, 1.807) is 44.3 Å². The van der Waals surface area contributed by atoms with Crippen LogP contribution < -0.4 is 16.6 Å². The lowest BCUT2D eigenvalue weighted by Crippen LogP contribution is -2.38. The maximum absolute atomic E-state index is 12.5. The third-order valence-electron chi connectivity index (χ3n) is 6.84. The van der Waals surface area contributed by atoms with Crippen LogP contribution in [0.4, 0.5) is 11.5 Å². The van der Waals surface area contributed by atoms with E-state index in [0.717, 1.165) is 4.57 Å². The molecule has 0 fully saturated rings. The van der Waals surface area contributed by atoms with Gasteiger partial charge in [0, 0.05) is 51.9 Å². The van der Waals surface area contributed by atoms with Gasteiger partial charge in [0.15, 0.2) is 0 Å². The van der Waals surface area contributed by atoms with E-state index in [1.807, 2.05) is 6.07 Å². The fourth-order valence-electron chi connectivity index (χ4n) is 4.48. The Labute approximate surface area is 248 Å². The van der Waals surface area contributed by atoms with Gasteiger partial charge in [0.2, 0.25) is 0 Å². The second-order valence-corrected chi connectivity index (χ2v) is 9.81. The van der Waals surface area contributed by atoms with E-state index in [2.05, 4.69) is 10.2 Å². The standard InChI is InChI=1S/C30H37N5O8/c1-4-42-29(38)25-20-24(35(40)41)14-13-22(25)12-8-16-34(17-9-19-43-28(37)23-10-6-5-7-11-23)18-15-31-26-21-27(36)33(3)30(39)32(26)2/h5-7,10-11,13-14,20-21,31H,4,8-9,12,15-19H2,1-3H3. The molecule has 230 valence electrons. The molecule has 0 aliphatic rings. The van der Waals surface area contributed by atoms with Crippen molar-refractivity contribution in [1.29, 1.82) is 0 Å². The first-order chi connectivity index (χ1) is 20.6. The zero-order valence-corrected chi connectivity index (χ0v) is 24.6. The molecule has 0 aliphatic heterocycles. The van der Waals surface area contributed by atoms with Crippen LogP contribution >= 0.6 is 0 Å². The molecular weight excluding hydrogens is 558 g/mol. The highest BCUT2D eigenvalue weighted by Gasteiger charge is 2.18. The summed E-state index contributed by atoms with van der Waals surface area (Å²) >= 11 is 0. The van der Waals surface area contributed by atoms with Crippen molar-refractivity contribution < 1.29 is 24.0 Å². The van der Waals surface area contributed by atoms with Gasteiger partial charge in [0.1, 0.15) is 5.82 Å². The van der Waals surface area contributed by atoms with E-state index in [4.69, 9.17) is 9.47 Å². The van der Waals surface area contributed by atoms with Crippen molar-refractivity contribution in [2.75, 3.05) is 44.7 Å². The van der Waals surface area contributed by atoms with Gasteiger partial charge < -0.3 is 19.7 Å². The second-order valence-electron chi connectivity index (χ2n) is 9.81. The monoisotopic (exact) mass is 595 g/mol. The minimum absolute atomic E-state index is 0.149. The summed E-state index contributed by atoms with van der Waals surface area (Å²) in [6, 6.07) is 14.3. The Hall–Kier alpha value is -4.78. The van der Waals surface area contributed by atoms with Gasteiger partial charge in [-0.3, -0.25) is 24.0 Å². The highest BCUT2D eigenvalue weighted by Crippen LogP contribution is 2.20. The number of anilines is 1. The number of hydrogen-bond donors (Lipinski definition) is 1. The van der Waals surface area contributed by atoms with Crippen molar-refractivity contribution in [2.45, 2.75) is 26.2 Å². The molecule has 1 N–H and O–H groups in total. The summed E-state index contributed by atoms with van der Waals surface area (Å²) in [5.41, 5.74) is 0.256. The zero-order valence-electron chi connectivity index (χ0n) is 24.6. The van der Waals surface area contributed by atoms with E-state index in [0.29, 0.717) is 62.4 Å². The molecule has 0 amide bonds. The number of rotatable bonds is 16. The number of benzene rings is 2. The molecule has 1 heterocycles. The molecule has 0 spiro atoms. The number of hydrogen-bond acceptors (Lipinski definition) is 10. The average molecular weight is 596 g/mol. The van der Waals surface area contributed by atoms with Gasteiger partial charge in [-0.1, -0.05) is 24.3 Å². The Morgan fingerprint density at radius 2 is 1.65 bits per heavy atom. The fraction of sp³-hybridized carbons (Fsp3) is 0.400. The number of nitro groups is 1. The Kier molecular flexibility index (Phi) is 12.2. The van der Waals surface area contributed by atoms with E-state index >= 15 is 0 Å². The van der Waals surface area contributed by atoms with Crippen LogP contribution in [-0.2, 0) is 30.0 Å². The SMILES string of the molecule is CCOC(=O)c1cc([N+](=O)[O-])ccc1CCCN(CCCOC(=O)c1ccccc1)CCNc1cc(=O)n(C)c(=O)n1C. The van der Waals surface area contributed by atoms with Gasteiger partial charge in [-0.05, 0) is 50.4 Å². The molecule has 13 heteroatoms. The number of ether oxygens (including phenoxy) is 2. The molecule has 0 bridgehead atoms. The molecule has 0 saturated heterocycles. The molecule has 0 unspecified atom stereocenters. The van der Waals surface area contributed by atoms with Gasteiger partial charge in [0.05, 0.1) is 29.3 Å². The molecule has 0 saturated carbocycles. The minimum Gasteiger partial charge on any atom is -0.462 e. The van der Waals surface area contributed by atoms with Gasteiger partial charge in [-0.2, -0.15) is 0 Å². The van der Waals surface area contributed by atoms with Crippen molar-refractivity contribution in [3.8, 4) is 0 Å². The topological polar surface area (TPSA) is 155 Å². The Morgan fingerprint density at radius 3 is 2.35 bits per heavy atom. The number of nitrogens with zero attached hydrogens (tertiary/aromatic N) is 4. The summed E-state index contributed by atoms with van der Waals surface area (Å²) in [6.45, 7) is 4.19. The zero-order chi connectivity index (χ0) is 31.4. The van der Waals surface area contributed by atoms with Crippen LogP contribution in [0.5, 0.6) is 0 Å². The molecule has 3 aromatic rings. The van der Waals surface area contributed by atoms with Gasteiger partial charge in [-0.25, -0.2) is 14.4 Å². The number of nitrogens with one attached hydrogen (secondary N) is 1. The maximum atomic E-state index is 12.5. The number of esters is 2. The average Bonchev–Trinajstić information content (AvgIpc) is 3.00. The molecule has 13 nitrogen and oxygen atoms in total. The Morgan fingerprint density at radius 1 is 0.930 bits per heavy atom. The maximum Gasteiger partial charge on any atom is 0.338 e. The smallest absolute Gasteiger partial charge is 0.338 e. The van der Waals surface area contributed by atoms with Crippen LogP contribution in [0, 0.1) is 10.1 Å². The molecular formula is C30H37N5O8. The number of aromatic nitrogens is 2. The highest BCUT2D eigenvalue weighted by molar-refractivity contribution is 5.92. The van der Waals surface area contributed by atoms with Crippen LogP contribution in [0.15, 0.2) is 64.2 Å². The molecule has 3 rings (SSSR count). The first kappa shape index (κ1) is 32.7. The number of carbonyl (C=O) groups is 2. The van der Waals surface area contributed by atoms with E-state index in [9.17, 15) is 29.3 Å². The van der Waals surface area contributed by atoms with Crippen molar-refractivity contribution >= 4 is 23.4 Å². The lowest BCUT2D eigenvalue weighted by molar-refractivity contribution is -0.384. The van der Waals surface area contributed by atoms with Gasteiger partial charge in [-0.15, -0.1) is 0 Å². The van der Waals surface area contributed by atoms with E-state index in [-0.39, 0.29) is 24.5 Å². The molecule has 1 aromatic heterocycles. The van der Waals surface area contributed by atoms with Crippen LogP contribution in [0.2, 0.25) is 0 Å². The highest BCUT2D eigenvalue weighted by atomic mass is 16.6. The van der Waals surface area contributed by atoms with Crippen molar-refractivity contribution in [3.05, 3.63) is 102 Å². The second kappa shape index (κ2) is 16.0. The first-order valence-electron chi connectivity index (χ1n) is 14.0. The number of carbonyl (C=O) groups excluding carboxylic acids is 2. The Bertz CT molecular complexity index is 1530. The lowest BCUT2D eigenvalue weighted by Gasteiger charge is -2.23. The van der Waals surface area contributed by atoms with Crippen LogP contribution in [0.3, 0.4) is 0 Å². The fourth-order valence-corrected chi connectivity index (χ4v) is 4.48. The first-order valence-corrected chi connectivity index (χ1v) is 14.0. The molecule has 0 atom stereocenters. The number of non-ortho nitro benzene ring substituents is 1. The normalized spacial score (nSPS) is 10.9. The van der Waals surface area contributed by atoms with Crippen LogP contribution in [-0.4, -0.2) is 70.3 Å². The van der Waals surface area contributed by atoms with E-state index in [1.165, 1.54) is 29.8 Å². The molecule has 2 aromatic carbocycles. The van der Waals surface area contributed by atoms with Crippen molar-refractivity contribution in [1.82, 2.24) is 14.0 Å². The van der Waals surface area contributed by atoms with Crippen LogP contribution in [0.1, 0.15) is 46.0 Å². The summed E-state index contributed by atoms with van der Waals surface area (Å²) in [7, 11) is 2.99. The van der Waals surface area contributed by atoms with Crippen LogP contribution in [0.25, 0.3) is 0 Å². The summed E-state index contributed by atoms with van der Waals surface area (Å²) in [6.07, 6.45) is 1.66. The third kappa shape index (κ3) is 9.36.